The summed E-state index contributed by atoms with van der Waals surface area (Å²) >= 11 is 4.02. The Morgan fingerprint density at radius 1 is 1.57 bits per heavy atom. The number of nitrogens with two attached hydrogens (primary N) is 1. The molecule has 1 aromatic carbocycles. The van der Waals surface area contributed by atoms with Gasteiger partial charge in [0.2, 0.25) is 0 Å². The fourth-order valence-corrected chi connectivity index (χ4v) is 1.17. The maximum atomic E-state index is 10.6. The Morgan fingerprint density at radius 3 is 2.79 bits per heavy atom. The summed E-state index contributed by atoms with van der Waals surface area (Å²) in [6.45, 7) is 0. The number of hydrogen-bond donors (Lipinski definition) is 3. The van der Waals surface area contributed by atoms with Crippen molar-refractivity contribution in [3.63, 3.8) is 0 Å². The molecule has 74 valence electrons. The number of thiol groups is 1. The van der Waals surface area contributed by atoms with Gasteiger partial charge in [-0.15, -0.1) is 0 Å². The Hall–Kier alpha value is -1.42. The minimum atomic E-state index is -1.01. The summed E-state index contributed by atoms with van der Waals surface area (Å²) in [5.74, 6) is -0.368. The lowest BCUT2D eigenvalue weighted by atomic mass is 10.1. The second-order valence-electron chi connectivity index (χ2n) is 2.74. The number of aromatic carboxylic acids is 1. The van der Waals surface area contributed by atoms with Crippen molar-refractivity contribution in [3.05, 3.63) is 35.4 Å². The van der Waals surface area contributed by atoms with Gasteiger partial charge in [-0.25, -0.2) is 4.79 Å². The van der Waals surface area contributed by atoms with E-state index >= 15 is 0 Å². The first-order chi connectivity index (χ1) is 6.65. The van der Waals surface area contributed by atoms with Gasteiger partial charge in [-0.1, -0.05) is 18.2 Å². The maximum Gasteiger partial charge on any atom is 0.337 e. The molecule has 3 N–H and O–H groups in total. The van der Waals surface area contributed by atoms with Crippen molar-refractivity contribution >= 4 is 30.4 Å². The normalized spacial score (nSPS) is 10.6. The van der Waals surface area contributed by atoms with Gasteiger partial charge in [0, 0.05) is 11.4 Å². The molecule has 0 aliphatic heterocycles. The Labute approximate surface area is 87.7 Å². The van der Waals surface area contributed by atoms with Gasteiger partial charge in [-0.3, -0.25) is 0 Å². The molecule has 0 spiro atoms. The van der Waals surface area contributed by atoms with E-state index < -0.39 is 5.97 Å². The first kappa shape index (κ1) is 10.7. The molecule has 0 saturated carbocycles. The minimum absolute atomic E-state index is 0.132. The highest BCUT2D eigenvalue weighted by atomic mass is 32.1. The van der Waals surface area contributed by atoms with E-state index in [1.807, 2.05) is 12.2 Å². The molecule has 0 unspecified atom stereocenters. The van der Waals surface area contributed by atoms with E-state index in [0.29, 0.717) is 5.75 Å². The largest absolute Gasteiger partial charge is 0.478 e. The van der Waals surface area contributed by atoms with Crippen LogP contribution in [0.5, 0.6) is 0 Å². The third-order valence-corrected chi connectivity index (χ3v) is 1.93. The number of carboxylic acids is 1. The van der Waals surface area contributed by atoms with Crippen molar-refractivity contribution in [2.75, 3.05) is 11.5 Å². The topological polar surface area (TPSA) is 63.3 Å². The summed E-state index contributed by atoms with van der Waals surface area (Å²) in [6, 6.07) is 4.83. The van der Waals surface area contributed by atoms with Crippen LogP contribution in [0.25, 0.3) is 6.08 Å². The molecule has 0 aromatic heterocycles. The monoisotopic (exact) mass is 209 g/mol. The number of benzene rings is 1. The fraction of sp³-hybridized carbons (Fsp3) is 0.100. The Kier molecular flexibility index (Phi) is 3.59. The van der Waals surface area contributed by atoms with Gasteiger partial charge >= 0.3 is 5.97 Å². The molecule has 0 fully saturated rings. The number of rotatable bonds is 3. The predicted octanol–water partition coefficient (Wildman–Crippen LogP) is 1.91. The first-order valence-corrected chi connectivity index (χ1v) is 4.68. The summed E-state index contributed by atoms with van der Waals surface area (Å²) in [6.07, 6.45) is 3.70. The van der Waals surface area contributed by atoms with Crippen LogP contribution in [0.1, 0.15) is 15.9 Å². The van der Waals surface area contributed by atoms with Gasteiger partial charge in [0.25, 0.3) is 0 Å². The van der Waals surface area contributed by atoms with Crippen LogP contribution < -0.4 is 5.73 Å². The summed E-state index contributed by atoms with van der Waals surface area (Å²) in [5.41, 5.74) is 6.85. The molecule has 0 aliphatic carbocycles. The average Bonchev–Trinajstić information content (AvgIpc) is 2.14. The van der Waals surface area contributed by atoms with Gasteiger partial charge in [-0.05, 0) is 17.7 Å². The van der Waals surface area contributed by atoms with Crippen LogP contribution in [0.2, 0.25) is 0 Å². The quantitative estimate of drug-likeness (QED) is 0.526. The van der Waals surface area contributed by atoms with E-state index in [1.54, 1.807) is 12.1 Å². The lowest BCUT2D eigenvalue weighted by Crippen LogP contribution is -2.01. The highest BCUT2D eigenvalue weighted by molar-refractivity contribution is 7.80. The first-order valence-electron chi connectivity index (χ1n) is 4.05. The molecular formula is C10H11NO2S. The standard InChI is InChI=1S/C10H11NO2S/c11-9-6-7(2-1-5-14)3-4-8(9)10(12)13/h1-4,6,14H,5,11H2,(H,12,13). The molecule has 0 saturated heterocycles. The van der Waals surface area contributed by atoms with E-state index in [9.17, 15) is 4.79 Å². The van der Waals surface area contributed by atoms with Crippen LogP contribution in [0.4, 0.5) is 5.69 Å². The van der Waals surface area contributed by atoms with Gasteiger partial charge in [0.05, 0.1) is 5.56 Å². The molecule has 1 rings (SSSR count). The van der Waals surface area contributed by atoms with E-state index in [2.05, 4.69) is 12.6 Å². The minimum Gasteiger partial charge on any atom is -0.478 e. The van der Waals surface area contributed by atoms with Gasteiger partial charge < -0.3 is 10.8 Å². The molecular weight excluding hydrogens is 198 g/mol. The summed E-state index contributed by atoms with van der Waals surface area (Å²) in [7, 11) is 0. The molecule has 0 radical (unpaired) electrons. The number of nitrogen functional groups attached to an aromatic ring is 1. The van der Waals surface area contributed by atoms with Gasteiger partial charge in [-0.2, -0.15) is 12.6 Å². The Bertz CT molecular complexity index is 374. The smallest absolute Gasteiger partial charge is 0.337 e. The predicted molar refractivity (Wildman–Crippen MR) is 60.7 cm³/mol. The Morgan fingerprint density at radius 2 is 2.29 bits per heavy atom. The molecule has 14 heavy (non-hydrogen) atoms. The van der Waals surface area contributed by atoms with Gasteiger partial charge in [0.15, 0.2) is 0 Å². The molecule has 0 heterocycles. The van der Waals surface area contributed by atoms with Crippen molar-refractivity contribution in [3.8, 4) is 0 Å². The summed E-state index contributed by atoms with van der Waals surface area (Å²) in [4.78, 5) is 10.6. The molecule has 4 heteroatoms. The van der Waals surface area contributed by atoms with Crippen molar-refractivity contribution < 1.29 is 9.90 Å². The van der Waals surface area contributed by atoms with Crippen LogP contribution >= 0.6 is 12.6 Å². The lowest BCUT2D eigenvalue weighted by Gasteiger charge is -2.01. The molecule has 1 aromatic rings. The average molecular weight is 209 g/mol. The molecule has 3 nitrogen and oxygen atoms in total. The zero-order valence-electron chi connectivity index (χ0n) is 7.47. The van der Waals surface area contributed by atoms with Crippen LogP contribution in [0.3, 0.4) is 0 Å². The van der Waals surface area contributed by atoms with Crippen molar-refractivity contribution in [2.45, 2.75) is 0 Å². The summed E-state index contributed by atoms with van der Waals surface area (Å²) in [5, 5.41) is 8.72. The highest BCUT2D eigenvalue weighted by Gasteiger charge is 2.06. The third-order valence-electron chi connectivity index (χ3n) is 1.72. The molecule has 0 aliphatic rings. The third kappa shape index (κ3) is 2.53. The molecule has 0 bridgehead atoms. The number of carbonyl (C=O) groups is 1. The lowest BCUT2D eigenvalue weighted by molar-refractivity contribution is 0.0698. The number of hydrogen-bond acceptors (Lipinski definition) is 3. The van der Waals surface area contributed by atoms with E-state index in [4.69, 9.17) is 10.8 Å². The van der Waals surface area contributed by atoms with Crippen molar-refractivity contribution in [2.24, 2.45) is 0 Å². The number of carboxylic acid groups (broad SMARTS) is 1. The molecule has 0 atom stereocenters. The Balaban J connectivity index is 3.00. The SMILES string of the molecule is Nc1cc(C=CCS)ccc1C(=O)O. The van der Waals surface area contributed by atoms with Crippen LogP contribution in [-0.2, 0) is 0 Å². The highest BCUT2D eigenvalue weighted by Crippen LogP contribution is 2.15. The fourth-order valence-electron chi connectivity index (χ4n) is 1.07. The van der Waals surface area contributed by atoms with Crippen LogP contribution in [0.15, 0.2) is 24.3 Å². The second kappa shape index (κ2) is 4.72. The van der Waals surface area contributed by atoms with Crippen molar-refractivity contribution in [1.29, 1.82) is 0 Å². The van der Waals surface area contributed by atoms with E-state index in [0.717, 1.165) is 5.56 Å². The van der Waals surface area contributed by atoms with Crippen molar-refractivity contribution in [1.82, 2.24) is 0 Å². The van der Waals surface area contributed by atoms with Crippen LogP contribution in [-0.4, -0.2) is 16.8 Å². The summed E-state index contributed by atoms with van der Waals surface area (Å²) < 4.78 is 0. The molecule has 0 amide bonds. The van der Waals surface area contributed by atoms with Crippen LogP contribution in [0, 0.1) is 0 Å². The zero-order chi connectivity index (χ0) is 10.6. The van der Waals surface area contributed by atoms with E-state index in [-0.39, 0.29) is 11.3 Å². The number of anilines is 1. The van der Waals surface area contributed by atoms with E-state index in [1.165, 1.54) is 6.07 Å². The zero-order valence-corrected chi connectivity index (χ0v) is 8.37. The maximum absolute atomic E-state index is 10.6. The van der Waals surface area contributed by atoms with Gasteiger partial charge in [0.1, 0.15) is 0 Å². The second-order valence-corrected chi connectivity index (χ2v) is 3.10.